The van der Waals surface area contributed by atoms with E-state index in [2.05, 4.69) is 25.3 Å². The van der Waals surface area contributed by atoms with E-state index in [1.807, 2.05) is 6.92 Å². The van der Waals surface area contributed by atoms with Gasteiger partial charge in [-0.2, -0.15) is 0 Å². The quantitative estimate of drug-likeness (QED) is 0.566. The molecule has 1 amide bonds. The SMILES string of the molecule is CCOc1cncc(-c2ccc(C(=O)NCc3cc(S(=O)(=O)C4CC4)ccn3)nc2)n1. The minimum Gasteiger partial charge on any atom is -0.477 e. The number of rotatable bonds is 8. The molecule has 0 atom stereocenters. The predicted molar refractivity (Wildman–Crippen MR) is 112 cm³/mol. The Morgan fingerprint density at radius 2 is 2.00 bits per heavy atom. The molecule has 0 radical (unpaired) electrons. The van der Waals surface area contributed by atoms with Crippen LogP contribution in [0, 0.1) is 0 Å². The number of nitrogens with one attached hydrogen (secondary N) is 1. The maximum absolute atomic E-state index is 12.4. The molecule has 1 aliphatic rings. The molecule has 160 valence electrons. The highest BCUT2D eigenvalue weighted by atomic mass is 32.2. The molecule has 3 aromatic heterocycles. The lowest BCUT2D eigenvalue weighted by Gasteiger charge is -2.08. The molecule has 9 nitrogen and oxygen atoms in total. The molecular weight excluding hydrogens is 418 g/mol. The zero-order chi connectivity index (χ0) is 21.8. The number of carbonyl (C=O) groups excluding carboxylic acids is 1. The Morgan fingerprint density at radius 1 is 1.16 bits per heavy atom. The van der Waals surface area contributed by atoms with Crippen LogP contribution in [0.1, 0.15) is 35.9 Å². The van der Waals surface area contributed by atoms with Gasteiger partial charge in [-0.1, -0.05) is 0 Å². The van der Waals surface area contributed by atoms with Crippen molar-refractivity contribution in [2.24, 2.45) is 0 Å². The van der Waals surface area contributed by atoms with Gasteiger partial charge in [-0.15, -0.1) is 0 Å². The monoisotopic (exact) mass is 439 g/mol. The number of hydrogen-bond donors (Lipinski definition) is 1. The van der Waals surface area contributed by atoms with Crippen molar-refractivity contribution < 1.29 is 17.9 Å². The molecule has 0 aromatic carbocycles. The van der Waals surface area contributed by atoms with Gasteiger partial charge in [0.2, 0.25) is 5.88 Å². The molecule has 1 fully saturated rings. The van der Waals surface area contributed by atoms with Gasteiger partial charge in [0.25, 0.3) is 5.91 Å². The van der Waals surface area contributed by atoms with Crippen molar-refractivity contribution in [2.75, 3.05) is 6.61 Å². The minimum absolute atomic E-state index is 0.0954. The van der Waals surface area contributed by atoms with E-state index >= 15 is 0 Å². The molecule has 0 unspecified atom stereocenters. The van der Waals surface area contributed by atoms with Crippen LogP contribution in [0.4, 0.5) is 0 Å². The lowest BCUT2D eigenvalue weighted by atomic mass is 10.2. The fraction of sp³-hybridized carbons (Fsp3) is 0.286. The Bertz CT molecular complexity index is 1190. The second-order valence-electron chi connectivity index (χ2n) is 7.02. The van der Waals surface area contributed by atoms with Crippen molar-refractivity contribution in [3.63, 3.8) is 0 Å². The van der Waals surface area contributed by atoms with E-state index in [1.54, 1.807) is 18.3 Å². The number of carbonyl (C=O) groups is 1. The molecule has 1 saturated carbocycles. The molecule has 1 aliphatic carbocycles. The van der Waals surface area contributed by atoms with E-state index in [0.717, 1.165) is 0 Å². The first-order chi connectivity index (χ1) is 15.0. The zero-order valence-electron chi connectivity index (χ0n) is 16.9. The van der Waals surface area contributed by atoms with Crippen molar-refractivity contribution >= 4 is 15.7 Å². The second-order valence-corrected chi connectivity index (χ2v) is 9.25. The van der Waals surface area contributed by atoms with E-state index in [0.29, 0.717) is 42.3 Å². The van der Waals surface area contributed by atoms with Gasteiger partial charge in [-0.25, -0.2) is 13.4 Å². The molecule has 0 spiro atoms. The highest BCUT2D eigenvalue weighted by Gasteiger charge is 2.36. The third-order valence-corrected chi connectivity index (χ3v) is 6.97. The average molecular weight is 439 g/mol. The summed E-state index contributed by atoms with van der Waals surface area (Å²) >= 11 is 0. The van der Waals surface area contributed by atoms with Gasteiger partial charge in [0.15, 0.2) is 9.84 Å². The van der Waals surface area contributed by atoms with Crippen LogP contribution in [0.25, 0.3) is 11.3 Å². The highest BCUT2D eigenvalue weighted by molar-refractivity contribution is 7.92. The van der Waals surface area contributed by atoms with E-state index in [4.69, 9.17) is 4.74 Å². The summed E-state index contributed by atoms with van der Waals surface area (Å²) in [5, 5.41) is 2.42. The minimum atomic E-state index is -3.30. The van der Waals surface area contributed by atoms with Crippen molar-refractivity contribution in [2.45, 2.75) is 36.5 Å². The number of ether oxygens (including phenoxy) is 1. The third kappa shape index (κ3) is 4.85. The summed E-state index contributed by atoms with van der Waals surface area (Å²) in [5.41, 5.74) is 1.97. The molecule has 0 aliphatic heterocycles. The molecule has 1 N–H and O–H groups in total. The fourth-order valence-corrected chi connectivity index (χ4v) is 4.64. The van der Waals surface area contributed by atoms with Crippen molar-refractivity contribution in [3.05, 3.63) is 60.4 Å². The molecule has 10 heteroatoms. The highest BCUT2D eigenvalue weighted by Crippen LogP contribution is 2.33. The van der Waals surface area contributed by atoms with Crippen molar-refractivity contribution in [3.8, 4) is 17.1 Å². The number of hydrogen-bond acceptors (Lipinski definition) is 8. The Morgan fingerprint density at radius 3 is 2.71 bits per heavy atom. The third-order valence-electron chi connectivity index (χ3n) is 4.71. The number of nitrogens with zero attached hydrogens (tertiary/aromatic N) is 4. The van der Waals surface area contributed by atoms with Crippen LogP contribution in [0.3, 0.4) is 0 Å². The smallest absolute Gasteiger partial charge is 0.270 e. The lowest BCUT2D eigenvalue weighted by Crippen LogP contribution is -2.24. The number of pyridine rings is 2. The Balaban J connectivity index is 1.41. The van der Waals surface area contributed by atoms with Crippen LogP contribution < -0.4 is 10.1 Å². The summed E-state index contributed by atoms with van der Waals surface area (Å²) in [6.45, 7) is 2.44. The first kappa shape index (κ1) is 20.9. The Kier molecular flexibility index (Phi) is 5.90. The fourth-order valence-electron chi connectivity index (χ4n) is 2.95. The molecule has 31 heavy (non-hydrogen) atoms. The summed E-state index contributed by atoms with van der Waals surface area (Å²) in [7, 11) is -3.30. The second kappa shape index (κ2) is 8.76. The molecule has 0 bridgehead atoms. The van der Waals surface area contributed by atoms with Crippen molar-refractivity contribution in [1.82, 2.24) is 25.3 Å². The van der Waals surface area contributed by atoms with Crippen LogP contribution in [0.2, 0.25) is 0 Å². The molecule has 3 aromatic rings. The van der Waals surface area contributed by atoms with Gasteiger partial charge < -0.3 is 10.1 Å². The van der Waals surface area contributed by atoms with Gasteiger partial charge in [0, 0.05) is 18.0 Å². The Hall–Kier alpha value is -3.40. The van der Waals surface area contributed by atoms with Crippen LogP contribution in [0.15, 0.2) is 53.9 Å². The van der Waals surface area contributed by atoms with Gasteiger partial charge in [-0.05, 0) is 44.0 Å². The first-order valence-electron chi connectivity index (χ1n) is 9.85. The standard InChI is InChI=1S/C21H21N5O4S/c1-2-30-20-13-22-12-19(26-20)14-3-6-18(24-10-14)21(27)25-11-15-9-17(7-8-23-15)31(28,29)16-4-5-16/h3,6-10,12-13,16H,2,4-5,11H2,1H3,(H,25,27). The molecule has 3 heterocycles. The summed E-state index contributed by atoms with van der Waals surface area (Å²) in [5.74, 6) is 0.0261. The van der Waals surface area contributed by atoms with E-state index in [1.165, 1.54) is 30.7 Å². The largest absolute Gasteiger partial charge is 0.477 e. The maximum atomic E-state index is 12.4. The van der Waals surface area contributed by atoms with E-state index < -0.39 is 15.7 Å². The van der Waals surface area contributed by atoms with Gasteiger partial charge in [0.05, 0.1) is 47.1 Å². The molecule has 0 saturated heterocycles. The normalized spacial score (nSPS) is 13.6. The van der Waals surface area contributed by atoms with E-state index in [9.17, 15) is 13.2 Å². The average Bonchev–Trinajstić information content (AvgIpc) is 3.64. The summed E-state index contributed by atoms with van der Waals surface area (Å²) in [6.07, 6.45) is 7.49. The van der Waals surface area contributed by atoms with Crippen molar-refractivity contribution in [1.29, 1.82) is 0 Å². The van der Waals surface area contributed by atoms with Crippen LogP contribution in [-0.2, 0) is 16.4 Å². The Labute approximate surface area is 179 Å². The lowest BCUT2D eigenvalue weighted by molar-refractivity contribution is 0.0945. The first-order valence-corrected chi connectivity index (χ1v) is 11.4. The van der Waals surface area contributed by atoms with Gasteiger partial charge in [0.1, 0.15) is 5.69 Å². The summed E-state index contributed by atoms with van der Waals surface area (Å²) in [6, 6.07) is 6.31. The number of aromatic nitrogens is 4. The topological polar surface area (TPSA) is 124 Å². The predicted octanol–water partition coefficient (Wildman–Crippen LogP) is 2.20. The van der Waals surface area contributed by atoms with Gasteiger partial charge in [-0.3, -0.25) is 19.7 Å². The van der Waals surface area contributed by atoms with Crippen LogP contribution >= 0.6 is 0 Å². The maximum Gasteiger partial charge on any atom is 0.270 e. The zero-order valence-corrected chi connectivity index (χ0v) is 17.7. The summed E-state index contributed by atoms with van der Waals surface area (Å²) < 4.78 is 30.1. The molecule has 4 rings (SSSR count). The number of amides is 1. The van der Waals surface area contributed by atoms with E-state index in [-0.39, 0.29) is 22.4 Å². The number of sulfone groups is 1. The summed E-state index contributed by atoms with van der Waals surface area (Å²) in [4.78, 5) is 29.5. The van der Waals surface area contributed by atoms with Crippen LogP contribution in [0.5, 0.6) is 5.88 Å². The molecular formula is C21H21N5O4S. The van der Waals surface area contributed by atoms with Crippen LogP contribution in [-0.4, -0.2) is 46.1 Å². The van der Waals surface area contributed by atoms with Gasteiger partial charge >= 0.3 is 0 Å².